The van der Waals surface area contributed by atoms with Crippen molar-refractivity contribution in [1.82, 2.24) is 10.3 Å². The zero-order chi connectivity index (χ0) is 15.4. The lowest BCUT2D eigenvalue weighted by atomic mass is 10.1. The van der Waals surface area contributed by atoms with Crippen LogP contribution in [0.1, 0.15) is 22.0 Å². The highest BCUT2D eigenvalue weighted by atomic mass is 19.2. The maximum absolute atomic E-state index is 13.5. The van der Waals surface area contributed by atoms with Crippen molar-refractivity contribution in [3.63, 3.8) is 0 Å². The van der Waals surface area contributed by atoms with Gasteiger partial charge in [0.05, 0.1) is 5.56 Å². The highest BCUT2D eigenvalue weighted by molar-refractivity contribution is 5.96. The van der Waals surface area contributed by atoms with Crippen LogP contribution in [0.25, 0.3) is 0 Å². The molecule has 0 saturated carbocycles. The molecule has 7 heteroatoms. The second-order valence-electron chi connectivity index (χ2n) is 4.12. The van der Waals surface area contributed by atoms with Crippen LogP contribution >= 0.6 is 0 Å². The van der Waals surface area contributed by atoms with E-state index in [1.54, 1.807) is 18.2 Å². The third-order valence-corrected chi connectivity index (χ3v) is 2.75. The molecule has 0 fully saturated rings. The third-order valence-electron chi connectivity index (χ3n) is 2.75. The van der Waals surface area contributed by atoms with E-state index in [-0.39, 0.29) is 0 Å². The van der Waals surface area contributed by atoms with Crippen LogP contribution in [0.4, 0.5) is 8.78 Å². The van der Waals surface area contributed by atoms with Gasteiger partial charge in [0, 0.05) is 6.20 Å². The number of carbonyl (C=O) groups excluding carboxylic acids is 1. The average molecular weight is 292 g/mol. The summed E-state index contributed by atoms with van der Waals surface area (Å²) in [7, 11) is 0. The van der Waals surface area contributed by atoms with Gasteiger partial charge < -0.3 is 10.4 Å². The number of benzene rings is 1. The van der Waals surface area contributed by atoms with E-state index in [1.807, 2.05) is 0 Å². The Bertz CT molecular complexity index is 677. The zero-order valence-electron chi connectivity index (χ0n) is 10.6. The highest BCUT2D eigenvalue weighted by Crippen LogP contribution is 2.15. The third kappa shape index (κ3) is 3.19. The molecular formula is C14H10F2N2O3. The first-order chi connectivity index (χ1) is 10.0. The number of hydrogen-bond acceptors (Lipinski definition) is 3. The van der Waals surface area contributed by atoms with Crippen molar-refractivity contribution in [2.75, 3.05) is 0 Å². The van der Waals surface area contributed by atoms with E-state index in [2.05, 4.69) is 10.3 Å². The molecule has 1 amide bonds. The van der Waals surface area contributed by atoms with Crippen molar-refractivity contribution in [2.45, 2.75) is 6.04 Å². The molecular weight excluding hydrogens is 282 g/mol. The Kier molecular flexibility index (Phi) is 4.22. The molecule has 0 aliphatic carbocycles. The second kappa shape index (κ2) is 6.08. The number of amides is 1. The molecule has 5 nitrogen and oxygen atoms in total. The minimum absolute atomic E-state index is 0.313. The first kappa shape index (κ1) is 14.6. The van der Waals surface area contributed by atoms with Gasteiger partial charge in [-0.25, -0.2) is 14.2 Å². The summed E-state index contributed by atoms with van der Waals surface area (Å²) in [6.45, 7) is 0. The monoisotopic (exact) mass is 292 g/mol. The Morgan fingerprint density at radius 2 is 1.81 bits per heavy atom. The molecule has 2 rings (SSSR count). The molecule has 0 unspecified atom stereocenters. The number of aromatic nitrogens is 1. The number of rotatable bonds is 4. The topological polar surface area (TPSA) is 79.3 Å². The van der Waals surface area contributed by atoms with Crippen LogP contribution in [-0.4, -0.2) is 22.0 Å². The molecule has 0 bridgehead atoms. The number of carboxylic acid groups (broad SMARTS) is 1. The lowest BCUT2D eigenvalue weighted by Crippen LogP contribution is -2.34. The van der Waals surface area contributed by atoms with Crippen LogP contribution < -0.4 is 5.32 Å². The minimum atomic E-state index is -1.42. The van der Waals surface area contributed by atoms with Gasteiger partial charge in [-0.05, 0) is 11.6 Å². The van der Waals surface area contributed by atoms with Crippen molar-refractivity contribution in [1.29, 1.82) is 0 Å². The molecule has 0 aliphatic heterocycles. The number of nitrogens with zero attached hydrogens (tertiary/aromatic N) is 1. The Morgan fingerprint density at radius 1 is 1.14 bits per heavy atom. The number of nitrogens with one attached hydrogen (secondary N) is 1. The summed E-state index contributed by atoms with van der Waals surface area (Å²) in [6, 6.07) is 7.49. The van der Waals surface area contributed by atoms with Crippen molar-refractivity contribution < 1.29 is 23.5 Å². The standard InChI is InChI=1S/C14H10F2N2O3/c15-10-9(6-7-17-12(10)16)13(19)18-11(14(20)21)8-4-2-1-3-5-8/h1-7,11H,(H,18,19)(H,20,21)/t11-/m0/s1. The summed E-state index contributed by atoms with van der Waals surface area (Å²) >= 11 is 0. The van der Waals surface area contributed by atoms with Crippen molar-refractivity contribution in [3.8, 4) is 0 Å². The van der Waals surface area contributed by atoms with E-state index in [4.69, 9.17) is 5.11 Å². The lowest BCUT2D eigenvalue weighted by Gasteiger charge is -2.15. The van der Waals surface area contributed by atoms with E-state index in [0.717, 1.165) is 12.3 Å². The summed E-state index contributed by atoms with van der Waals surface area (Å²) in [5.41, 5.74) is -0.294. The molecule has 2 aromatic rings. The molecule has 0 saturated heterocycles. The summed E-state index contributed by atoms with van der Waals surface area (Å²) in [5, 5.41) is 11.3. The Morgan fingerprint density at radius 3 is 2.43 bits per heavy atom. The minimum Gasteiger partial charge on any atom is -0.479 e. The van der Waals surface area contributed by atoms with Crippen LogP contribution in [0.15, 0.2) is 42.6 Å². The fourth-order valence-corrected chi connectivity index (χ4v) is 1.74. The Balaban J connectivity index is 2.28. The molecule has 1 aromatic carbocycles. The maximum Gasteiger partial charge on any atom is 0.330 e. The fourth-order valence-electron chi connectivity index (χ4n) is 1.74. The van der Waals surface area contributed by atoms with Crippen LogP contribution in [0.5, 0.6) is 0 Å². The summed E-state index contributed by atoms with van der Waals surface area (Å²) < 4.78 is 26.4. The SMILES string of the molecule is O=C(N[C@H](C(=O)O)c1ccccc1)c1ccnc(F)c1F. The maximum atomic E-state index is 13.5. The van der Waals surface area contributed by atoms with Crippen molar-refractivity contribution in [3.05, 3.63) is 65.5 Å². The molecule has 108 valence electrons. The van der Waals surface area contributed by atoms with Crippen LogP contribution in [0.3, 0.4) is 0 Å². The molecule has 1 aromatic heterocycles. The quantitative estimate of drug-likeness (QED) is 0.844. The van der Waals surface area contributed by atoms with Crippen LogP contribution in [-0.2, 0) is 4.79 Å². The van der Waals surface area contributed by atoms with E-state index < -0.39 is 35.2 Å². The number of pyridine rings is 1. The van der Waals surface area contributed by atoms with Crippen LogP contribution in [0, 0.1) is 11.8 Å². The molecule has 2 N–H and O–H groups in total. The van der Waals surface area contributed by atoms with Gasteiger partial charge in [0.25, 0.3) is 5.91 Å². The molecule has 21 heavy (non-hydrogen) atoms. The number of halogens is 2. The number of hydrogen-bond donors (Lipinski definition) is 2. The smallest absolute Gasteiger partial charge is 0.330 e. The predicted molar refractivity (Wildman–Crippen MR) is 68.4 cm³/mol. The molecule has 1 heterocycles. The van der Waals surface area contributed by atoms with Crippen molar-refractivity contribution in [2.24, 2.45) is 0 Å². The lowest BCUT2D eigenvalue weighted by molar-refractivity contribution is -0.139. The van der Waals surface area contributed by atoms with Crippen LogP contribution in [0.2, 0.25) is 0 Å². The van der Waals surface area contributed by atoms with Gasteiger partial charge in [0.15, 0.2) is 11.9 Å². The highest BCUT2D eigenvalue weighted by Gasteiger charge is 2.24. The number of carboxylic acids is 1. The summed E-state index contributed by atoms with van der Waals surface area (Å²) in [5.74, 6) is -5.20. The summed E-state index contributed by atoms with van der Waals surface area (Å²) in [6.07, 6.45) is 0.922. The van der Waals surface area contributed by atoms with E-state index >= 15 is 0 Å². The first-order valence-corrected chi connectivity index (χ1v) is 5.89. The van der Waals surface area contributed by atoms with Gasteiger partial charge >= 0.3 is 5.97 Å². The van der Waals surface area contributed by atoms with E-state index in [9.17, 15) is 18.4 Å². The normalized spacial score (nSPS) is 11.7. The van der Waals surface area contributed by atoms with Gasteiger partial charge in [0.1, 0.15) is 0 Å². The van der Waals surface area contributed by atoms with Gasteiger partial charge in [-0.3, -0.25) is 4.79 Å². The van der Waals surface area contributed by atoms with Gasteiger partial charge in [-0.15, -0.1) is 0 Å². The van der Waals surface area contributed by atoms with E-state index in [1.165, 1.54) is 12.1 Å². The molecule has 0 spiro atoms. The average Bonchev–Trinajstić information content (AvgIpc) is 2.48. The molecule has 0 radical (unpaired) electrons. The van der Waals surface area contributed by atoms with Gasteiger partial charge in [0.2, 0.25) is 5.95 Å². The summed E-state index contributed by atoms with van der Waals surface area (Å²) in [4.78, 5) is 26.2. The number of carbonyl (C=O) groups is 2. The van der Waals surface area contributed by atoms with Gasteiger partial charge in [-0.1, -0.05) is 30.3 Å². The fraction of sp³-hybridized carbons (Fsp3) is 0.0714. The largest absolute Gasteiger partial charge is 0.479 e. The Labute approximate surface area is 118 Å². The zero-order valence-corrected chi connectivity index (χ0v) is 10.6. The van der Waals surface area contributed by atoms with Gasteiger partial charge in [-0.2, -0.15) is 4.39 Å². The molecule has 0 aliphatic rings. The Hall–Kier alpha value is -2.83. The van der Waals surface area contributed by atoms with Crippen molar-refractivity contribution >= 4 is 11.9 Å². The predicted octanol–water partition coefficient (Wildman–Crippen LogP) is 1.92. The van der Waals surface area contributed by atoms with E-state index in [0.29, 0.717) is 5.56 Å². The molecule has 1 atom stereocenters. The number of aliphatic carboxylic acids is 1. The second-order valence-corrected chi connectivity index (χ2v) is 4.12. The first-order valence-electron chi connectivity index (χ1n) is 5.89.